The highest BCUT2D eigenvalue weighted by atomic mass is 32.2. The van der Waals surface area contributed by atoms with Crippen LogP contribution in [0, 0.1) is 0 Å². The standard InChI is InChI=1S/C26H31N5O2S/c1-5-31-23(17-10-12-18(13-11-17)26(2,3)4)29-30-25(31)34-16-22(32)28-21-9-7-6-8-20(21)24(33)27-19-14-15-19/h6-13,19H,5,14-16H2,1-4H3,(H,27,33)(H,28,32). The maximum atomic E-state index is 12.7. The van der Waals surface area contributed by atoms with Gasteiger partial charge in [-0.1, -0.05) is 68.9 Å². The number of amides is 2. The Morgan fingerprint density at radius 1 is 1.06 bits per heavy atom. The molecule has 34 heavy (non-hydrogen) atoms. The zero-order valence-corrected chi connectivity index (χ0v) is 20.9. The predicted octanol–water partition coefficient (Wildman–Crippen LogP) is 4.89. The van der Waals surface area contributed by atoms with Crippen molar-refractivity contribution in [1.82, 2.24) is 20.1 Å². The Morgan fingerprint density at radius 2 is 1.76 bits per heavy atom. The number of carbonyl (C=O) groups is 2. The summed E-state index contributed by atoms with van der Waals surface area (Å²) >= 11 is 1.33. The predicted molar refractivity (Wildman–Crippen MR) is 136 cm³/mol. The third kappa shape index (κ3) is 5.67. The van der Waals surface area contributed by atoms with E-state index >= 15 is 0 Å². The lowest BCUT2D eigenvalue weighted by molar-refractivity contribution is -0.113. The van der Waals surface area contributed by atoms with E-state index in [2.05, 4.69) is 65.9 Å². The molecule has 0 radical (unpaired) electrons. The summed E-state index contributed by atoms with van der Waals surface area (Å²) in [7, 11) is 0. The Kier molecular flexibility index (Phi) is 7.07. The maximum absolute atomic E-state index is 12.7. The minimum absolute atomic E-state index is 0.0858. The second kappa shape index (κ2) is 10.0. The summed E-state index contributed by atoms with van der Waals surface area (Å²) in [4.78, 5) is 25.2. The van der Waals surface area contributed by atoms with Crippen molar-refractivity contribution in [2.45, 2.75) is 63.7 Å². The molecule has 4 rings (SSSR count). The Bertz CT molecular complexity index is 1180. The van der Waals surface area contributed by atoms with E-state index in [0.717, 1.165) is 24.2 Å². The molecule has 1 aromatic heterocycles. The number of aromatic nitrogens is 3. The van der Waals surface area contributed by atoms with Gasteiger partial charge in [-0.2, -0.15) is 0 Å². The van der Waals surface area contributed by atoms with Gasteiger partial charge in [-0.25, -0.2) is 0 Å². The van der Waals surface area contributed by atoms with Crippen molar-refractivity contribution in [2.75, 3.05) is 11.1 Å². The Labute approximate surface area is 204 Å². The average molecular weight is 478 g/mol. The lowest BCUT2D eigenvalue weighted by atomic mass is 9.87. The lowest BCUT2D eigenvalue weighted by Crippen LogP contribution is -2.27. The van der Waals surface area contributed by atoms with Crippen LogP contribution in [-0.2, 0) is 16.8 Å². The fourth-order valence-corrected chi connectivity index (χ4v) is 4.41. The zero-order valence-electron chi connectivity index (χ0n) is 20.1. The second-order valence-electron chi connectivity index (χ2n) is 9.51. The molecule has 2 amide bonds. The van der Waals surface area contributed by atoms with Gasteiger partial charge >= 0.3 is 0 Å². The number of nitrogens with one attached hydrogen (secondary N) is 2. The summed E-state index contributed by atoms with van der Waals surface area (Å²) in [6.45, 7) is 9.30. The van der Waals surface area contributed by atoms with Gasteiger partial charge < -0.3 is 15.2 Å². The average Bonchev–Trinajstić information content (AvgIpc) is 3.53. The SMILES string of the molecule is CCn1c(SCC(=O)Nc2ccccc2C(=O)NC2CC2)nnc1-c1ccc(C(C)(C)C)cc1. The third-order valence-electron chi connectivity index (χ3n) is 5.73. The molecule has 1 saturated carbocycles. The van der Waals surface area contributed by atoms with Gasteiger partial charge in [0.2, 0.25) is 5.91 Å². The first-order valence-electron chi connectivity index (χ1n) is 11.6. The molecule has 8 heteroatoms. The molecule has 1 aliphatic rings. The highest BCUT2D eigenvalue weighted by Crippen LogP contribution is 2.28. The highest BCUT2D eigenvalue weighted by molar-refractivity contribution is 7.99. The van der Waals surface area contributed by atoms with Gasteiger partial charge in [0.15, 0.2) is 11.0 Å². The molecule has 0 bridgehead atoms. The van der Waals surface area contributed by atoms with Crippen LogP contribution in [0.4, 0.5) is 5.69 Å². The summed E-state index contributed by atoms with van der Waals surface area (Å²) in [6.07, 6.45) is 2.02. The van der Waals surface area contributed by atoms with E-state index in [9.17, 15) is 9.59 Å². The Balaban J connectivity index is 1.42. The number of carbonyl (C=O) groups excluding carboxylic acids is 2. The van der Waals surface area contributed by atoms with Crippen LogP contribution in [-0.4, -0.2) is 38.4 Å². The number of anilines is 1. The van der Waals surface area contributed by atoms with E-state index in [4.69, 9.17) is 0 Å². The fraction of sp³-hybridized carbons (Fsp3) is 0.385. The van der Waals surface area contributed by atoms with Gasteiger partial charge in [0.05, 0.1) is 17.0 Å². The quantitative estimate of drug-likeness (QED) is 0.451. The molecular weight excluding hydrogens is 446 g/mol. The first-order chi connectivity index (χ1) is 16.3. The van der Waals surface area contributed by atoms with Crippen LogP contribution < -0.4 is 10.6 Å². The number of hydrogen-bond donors (Lipinski definition) is 2. The summed E-state index contributed by atoms with van der Waals surface area (Å²) in [5, 5.41) is 15.3. The second-order valence-corrected chi connectivity index (χ2v) is 10.5. The first-order valence-corrected chi connectivity index (χ1v) is 12.6. The van der Waals surface area contributed by atoms with Gasteiger partial charge in [-0.15, -0.1) is 10.2 Å². The summed E-state index contributed by atoms with van der Waals surface area (Å²) in [5.74, 6) is 0.602. The molecule has 1 heterocycles. The number of nitrogens with zero attached hydrogens (tertiary/aromatic N) is 3. The smallest absolute Gasteiger partial charge is 0.253 e. The molecule has 178 valence electrons. The van der Waals surface area contributed by atoms with Crippen molar-refractivity contribution in [2.24, 2.45) is 0 Å². The summed E-state index contributed by atoms with van der Waals surface area (Å²) < 4.78 is 2.01. The fourth-order valence-electron chi connectivity index (χ4n) is 3.61. The van der Waals surface area contributed by atoms with Crippen molar-refractivity contribution in [3.63, 3.8) is 0 Å². The topological polar surface area (TPSA) is 88.9 Å². The minimum Gasteiger partial charge on any atom is -0.349 e. The van der Waals surface area contributed by atoms with Crippen LogP contribution in [0.15, 0.2) is 53.7 Å². The molecule has 0 atom stereocenters. The van der Waals surface area contributed by atoms with E-state index in [1.807, 2.05) is 17.6 Å². The Hall–Kier alpha value is -3.13. The van der Waals surface area contributed by atoms with E-state index in [1.54, 1.807) is 18.2 Å². The van der Waals surface area contributed by atoms with Crippen molar-refractivity contribution in [3.05, 3.63) is 59.7 Å². The van der Waals surface area contributed by atoms with E-state index in [-0.39, 0.29) is 29.0 Å². The number of para-hydroxylation sites is 1. The van der Waals surface area contributed by atoms with Gasteiger partial charge in [-0.3, -0.25) is 9.59 Å². The van der Waals surface area contributed by atoms with Crippen molar-refractivity contribution in [1.29, 1.82) is 0 Å². The van der Waals surface area contributed by atoms with E-state index in [0.29, 0.717) is 23.0 Å². The normalized spacial score (nSPS) is 13.5. The van der Waals surface area contributed by atoms with Crippen LogP contribution in [0.5, 0.6) is 0 Å². The van der Waals surface area contributed by atoms with Crippen LogP contribution in [0.2, 0.25) is 0 Å². The van der Waals surface area contributed by atoms with Gasteiger partial charge in [-0.05, 0) is 42.9 Å². The van der Waals surface area contributed by atoms with Gasteiger partial charge in [0.1, 0.15) is 0 Å². The number of hydrogen-bond acceptors (Lipinski definition) is 5. The molecule has 0 aliphatic heterocycles. The van der Waals surface area contributed by atoms with Gasteiger partial charge in [0.25, 0.3) is 5.91 Å². The van der Waals surface area contributed by atoms with Crippen LogP contribution in [0.1, 0.15) is 56.5 Å². The summed E-state index contributed by atoms with van der Waals surface area (Å²) in [6, 6.07) is 15.7. The largest absolute Gasteiger partial charge is 0.349 e. The van der Waals surface area contributed by atoms with Crippen LogP contribution >= 0.6 is 11.8 Å². The molecule has 2 aromatic carbocycles. The molecule has 1 aliphatic carbocycles. The molecular formula is C26H31N5O2S. The van der Waals surface area contributed by atoms with Crippen molar-refractivity contribution >= 4 is 29.3 Å². The molecule has 2 N–H and O–H groups in total. The van der Waals surface area contributed by atoms with E-state index in [1.165, 1.54) is 17.3 Å². The molecule has 1 fully saturated rings. The Morgan fingerprint density at radius 3 is 2.41 bits per heavy atom. The van der Waals surface area contributed by atoms with E-state index < -0.39 is 0 Å². The minimum atomic E-state index is -0.196. The number of benzene rings is 2. The first kappa shape index (κ1) is 24.0. The lowest BCUT2D eigenvalue weighted by Gasteiger charge is -2.19. The van der Waals surface area contributed by atoms with Crippen molar-refractivity contribution in [3.8, 4) is 11.4 Å². The molecule has 7 nitrogen and oxygen atoms in total. The highest BCUT2D eigenvalue weighted by Gasteiger charge is 2.25. The number of thioether (sulfide) groups is 1. The van der Waals surface area contributed by atoms with Crippen molar-refractivity contribution < 1.29 is 9.59 Å². The van der Waals surface area contributed by atoms with Crippen LogP contribution in [0.3, 0.4) is 0 Å². The summed E-state index contributed by atoms with van der Waals surface area (Å²) in [5.41, 5.74) is 3.33. The van der Waals surface area contributed by atoms with Gasteiger partial charge in [0, 0.05) is 18.2 Å². The molecule has 0 spiro atoms. The van der Waals surface area contributed by atoms with Crippen LogP contribution in [0.25, 0.3) is 11.4 Å². The molecule has 0 unspecified atom stereocenters. The third-order valence-corrected chi connectivity index (χ3v) is 6.70. The number of rotatable bonds is 8. The molecule has 3 aromatic rings. The molecule has 0 saturated heterocycles. The zero-order chi connectivity index (χ0) is 24.3. The monoisotopic (exact) mass is 477 g/mol. The maximum Gasteiger partial charge on any atom is 0.253 e.